The molecule has 1 heterocycles. The molecule has 0 radical (unpaired) electrons. The maximum atomic E-state index is 6.31. The first-order chi connectivity index (χ1) is 9.57. The Hall–Kier alpha value is -0.570. The summed E-state index contributed by atoms with van der Waals surface area (Å²) in [5, 5.41) is 4.50. The van der Waals surface area contributed by atoms with Gasteiger partial charge >= 0.3 is 0 Å². The number of rotatable bonds is 5. The molecule has 2 atom stereocenters. The van der Waals surface area contributed by atoms with E-state index >= 15 is 0 Å². The van der Waals surface area contributed by atoms with E-state index in [0.29, 0.717) is 0 Å². The minimum atomic E-state index is -0.133. The zero-order chi connectivity index (χ0) is 14.6. The highest BCUT2D eigenvalue weighted by atomic mass is 35.5. The molecule has 2 rings (SSSR count). The van der Waals surface area contributed by atoms with Gasteiger partial charge in [-0.2, -0.15) is 0 Å². The molecule has 0 spiro atoms. The Labute approximate surface area is 127 Å². The number of nitrogens with one attached hydrogen (secondary N) is 1. The maximum Gasteiger partial charge on any atom is 0.0848 e. The molecular formula is C17H26ClNO. The van der Waals surface area contributed by atoms with Crippen molar-refractivity contribution in [1.29, 1.82) is 0 Å². The van der Waals surface area contributed by atoms with Gasteiger partial charge in [0.25, 0.3) is 0 Å². The van der Waals surface area contributed by atoms with Gasteiger partial charge < -0.3 is 10.1 Å². The monoisotopic (exact) mass is 295 g/mol. The van der Waals surface area contributed by atoms with E-state index in [2.05, 4.69) is 37.4 Å². The van der Waals surface area contributed by atoms with Crippen LogP contribution in [0, 0.1) is 6.92 Å². The lowest BCUT2D eigenvalue weighted by molar-refractivity contribution is -0.0897. The number of hydrogen-bond acceptors (Lipinski definition) is 2. The van der Waals surface area contributed by atoms with E-state index in [-0.39, 0.29) is 11.6 Å². The molecule has 0 saturated carbocycles. The van der Waals surface area contributed by atoms with Gasteiger partial charge in [-0.3, -0.25) is 0 Å². The van der Waals surface area contributed by atoms with Gasteiger partial charge in [-0.1, -0.05) is 30.7 Å². The van der Waals surface area contributed by atoms with Gasteiger partial charge in [-0.25, -0.2) is 0 Å². The molecule has 0 aromatic heterocycles. The minimum Gasteiger partial charge on any atom is -0.373 e. The summed E-state index contributed by atoms with van der Waals surface area (Å²) in [6, 6.07) is 6.58. The van der Waals surface area contributed by atoms with Crippen LogP contribution in [0.3, 0.4) is 0 Å². The van der Waals surface area contributed by atoms with Gasteiger partial charge in [-0.05, 0) is 63.3 Å². The van der Waals surface area contributed by atoms with Crippen molar-refractivity contribution in [2.75, 3.05) is 13.2 Å². The van der Waals surface area contributed by atoms with Crippen LogP contribution in [-0.4, -0.2) is 18.8 Å². The van der Waals surface area contributed by atoms with E-state index in [9.17, 15) is 0 Å². The van der Waals surface area contributed by atoms with E-state index < -0.39 is 0 Å². The largest absolute Gasteiger partial charge is 0.373 e. The van der Waals surface area contributed by atoms with Crippen molar-refractivity contribution in [2.24, 2.45) is 0 Å². The fraction of sp³-hybridized carbons (Fsp3) is 0.647. The predicted octanol–water partition coefficient (Wildman–Crippen LogP) is 4.65. The Morgan fingerprint density at radius 1 is 1.40 bits per heavy atom. The van der Waals surface area contributed by atoms with Crippen molar-refractivity contribution in [1.82, 2.24) is 5.32 Å². The molecule has 2 unspecified atom stereocenters. The van der Waals surface area contributed by atoms with Crippen LogP contribution in [0.15, 0.2) is 18.2 Å². The first-order valence-electron chi connectivity index (χ1n) is 7.70. The lowest BCUT2D eigenvalue weighted by atomic mass is 9.84. The third-order valence-corrected chi connectivity index (χ3v) is 4.64. The van der Waals surface area contributed by atoms with Gasteiger partial charge in [0, 0.05) is 11.6 Å². The zero-order valence-corrected chi connectivity index (χ0v) is 13.6. The van der Waals surface area contributed by atoms with E-state index in [0.717, 1.165) is 36.6 Å². The van der Waals surface area contributed by atoms with Crippen LogP contribution >= 0.6 is 11.6 Å². The van der Waals surface area contributed by atoms with E-state index in [1.807, 2.05) is 6.92 Å². The summed E-state index contributed by atoms with van der Waals surface area (Å²) in [4.78, 5) is 0. The smallest absolute Gasteiger partial charge is 0.0848 e. The molecule has 0 aliphatic carbocycles. The van der Waals surface area contributed by atoms with Gasteiger partial charge in [0.15, 0.2) is 0 Å². The molecule has 1 fully saturated rings. The van der Waals surface area contributed by atoms with Crippen LogP contribution in [0.4, 0.5) is 0 Å². The second kappa shape index (κ2) is 6.93. The second-order valence-electron chi connectivity index (χ2n) is 6.01. The molecule has 1 aliphatic rings. The number of halogens is 1. The summed E-state index contributed by atoms with van der Waals surface area (Å²) >= 11 is 6.31. The number of benzene rings is 1. The summed E-state index contributed by atoms with van der Waals surface area (Å²) in [7, 11) is 0. The minimum absolute atomic E-state index is 0.133. The summed E-state index contributed by atoms with van der Waals surface area (Å²) in [6.07, 6.45) is 4.62. The first-order valence-corrected chi connectivity index (χ1v) is 8.08. The van der Waals surface area contributed by atoms with Crippen LogP contribution in [0.1, 0.15) is 56.7 Å². The molecule has 1 N–H and O–H groups in total. The van der Waals surface area contributed by atoms with Crippen molar-refractivity contribution in [3.8, 4) is 0 Å². The lowest BCUT2D eigenvalue weighted by Crippen LogP contribution is -2.46. The number of aryl methyl sites for hydroxylation is 1. The quantitative estimate of drug-likeness (QED) is 0.854. The molecule has 2 nitrogen and oxygen atoms in total. The molecule has 112 valence electrons. The fourth-order valence-corrected chi connectivity index (χ4v) is 3.14. The van der Waals surface area contributed by atoms with E-state index in [1.54, 1.807) is 0 Å². The molecule has 1 aliphatic heterocycles. The number of hydrogen-bond donors (Lipinski definition) is 1. The van der Waals surface area contributed by atoms with Crippen molar-refractivity contribution >= 4 is 11.6 Å². The normalized spacial score (nSPS) is 24.6. The molecular weight excluding hydrogens is 270 g/mol. The average molecular weight is 296 g/mol. The Kier molecular flexibility index (Phi) is 5.48. The zero-order valence-electron chi connectivity index (χ0n) is 12.8. The highest BCUT2D eigenvalue weighted by Crippen LogP contribution is 2.37. The summed E-state index contributed by atoms with van der Waals surface area (Å²) < 4.78 is 6.14. The number of ether oxygens (including phenoxy) is 1. The van der Waals surface area contributed by atoms with Crippen LogP contribution in [0.2, 0.25) is 5.02 Å². The summed E-state index contributed by atoms with van der Waals surface area (Å²) in [5.41, 5.74) is 2.23. The van der Waals surface area contributed by atoms with Gasteiger partial charge in [0.2, 0.25) is 0 Å². The molecule has 1 aromatic carbocycles. The fourth-order valence-electron chi connectivity index (χ4n) is 2.95. The molecule has 3 heteroatoms. The Morgan fingerprint density at radius 3 is 2.80 bits per heavy atom. The van der Waals surface area contributed by atoms with Gasteiger partial charge in [0.1, 0.15) is 0 Å². The van der Waals surface area contributed by atoms with Gasteiger partial charge in [-0.15, -0.1) is 0 Å². The van der Waals surface area contributed by atoms with Crippen molar-refractivity contribution in [2.45, 2.75) is 58.1 Å². The summed E-state index contributed by atoms with van der Waals surface area (Å²) in [6.45, 7) is 8.32. The SMILES string of the molecule is CCCNC(c1ccc(C)c(Cl)c1)C1(C)CCCCO1. The lowest BCUT2D eigenvalue weighted by Gasteiger charge is -2.41. The molecule has 1 saturated heterocycles. The average Bonchev–Trinajstić information content (AvgIpc) is 2.43. The van der Waals surface area contributed by atoms with Crippen LogP contribution in [-0.2, 0) is 4.74 Å². The topological polar surface area (TPSA) is 21.3 Å². The van der Waals surface area contributed by atoms with E-state index in [1.165, 1.54) is 18.4 Å². The van der Waals surface area contributed by atoms with Crippen LogP contribution in [0.5, 0.6) is 0 Å². The highest BCUT2D eigenvalue weighted by molar-refractivity contribution is 6.31. The van der Waals surface area contributed by atoms with Crippen molar-refractivity contribution < 1.29 is 4.74 Å². The Bertz CT molecular complexity index is 441. The van der Waals surface area contributed by atoms with Crippen LogP contribution in [0.25, 0.3) is 0 Å². The molecule has 0 amide bonds. The molecule has 20 heavy (non-hydrogen) atoms. The highest BCUT2D eigenvalue weighted by Gasteiger charge is 2.37. The third-order valence-electron chi connectivity index (χ3n) is 4.24. The molecule has 1 aromatic rings. The van der Waals surface area contributed by atoms with Crippen molar-refractivity contribution in [3.05, 3.63) is 34.3 Å². The third kappa shape index (κ3) is 3.55. The van der Waals surface area contributed by atoms with E-state index in [4.69, 9.17) is 16.3 Å². The Balaban J connectivity index is 2.28. The second-order valence-corrected chi connectivity index (χ2v) is 6.42. The Morgan fingerprint density at radius 2 is 2.20 bits per heavy atom. The molecule has 0 bridgehead atoms. The van der Waals surface area contributed by atoms with Crippen LogP contribution < -0.4 is 5.32 Å². The standard InChI is InChI=1S/C17H26ClNO/c1-4-10-19-16(17(3)9-5-6-11-20-17)14-8-7-13(2)15(18)12-14/h7-8,12,16,19H,4-6,9-11H2,1-3H3. The van der Waals surface area contributed by atoms with Crippen molar-refractivity contribution in [3.63, 3.8) is 0 Å². The first kappa shape index (κ1) is 15.8. The summed E-state index contributed by atoms with van der Waals surface area (Å²) in [5.74, 6) is 0. The maximum absolute atomic E-state index is 6.31. The predicted molar refractivity (Wildman–Crippen MR) is 85.4 cm³/mol. The van der Waals surface area contributed by atoms with Gasteiger partial charge in [0.05, 0.1) is 11.6 Å².